The summed E-state index contributed by atoms with van der Waals surface area (Å²) in [7, 11) is 0. The summed E-state index contributed by atoms with van der Waals surface area (Å²) in [5.74, 6) is -0.965. The Hall–Kier alpha value is -2.83. The number of rotatable bonds is 17. The van der Waals surface area contributed by atoms with Gasteiger partial charge in [-0.05, 0) is 13.8 Å². The third-order valence-corrected chi connectivity index (χ3v) is 4.17. The molecule has 0 saturated heterocycles. The number of nitrogens with one attached hydrogen (secondary N) is 3. The number of carbonyl (C=O) groups is 3. The molecule has 32 heavy (non-hydrogen) atoms. The van der Waals surface area contributed by atoms with E-state index >= 15 is 0 Å². The summed E-state index contributed by atoms with van der Waals surface area (Å²) in [6.07, 6.45) is 0.0719. The van der Waals surface area contributed by atoms with Crippen molar-refractivity contribution in [2.75, 3.05) is 59.3 Å². The Kier molecular flexibility index (Phi) is 13.5. The molecule has 1 aromatic rings. The number of aromatic hydroxyl groups is 2. The second-order valence-electron chi connectivity index (χ2n) is 6.76. The van der Waals surface area contributed by atoms with E-state index in [1.54, 1.807) is 6.92 Å². The fourth-order valence-corrected chi connectivity index (χ4v) is 2.53. The van der Waals surface area contributed by atoms with Gasteiger partial charge in [0.15, 0.2) is 11.8 Å². The zero-order chi connectivity index (χ0) is 23.8. The monoisotopic (exact) mass is 458 g/mol. The molecule has 0 bridgehead atoms. The van der Waals surface area contributed by atoms with E-state index in [0.29, 0.717) is 25.3 Å². The summed E-state index contributed by atoms with van der Waals surface area (Å²) in [6, 6.07) is 1.42. The van der Waals surface area contributed by atoms with Gasteiger partial charge in [0, 0.05) is 50.8 Å². The number of aryl methyl sites for hydroxylation is 1. The van der Waals surface area contributed by atoms with E-state index in [-0.39, 0.29) is 82.0 Å². The lowest BCUT2D eigenvalue weighted by molar-refractivity contribution is -0.127. The lowest BCUT2D eigenvalue weighted by atomic mass is 10.3. The third kappa shape index (κ3) is 11.5. The first-order valence-corrected chi connectivity index (χ1v) is 10.5. The van der Waals surface area contributed by atoms with E-state index in [4.69, 9.17) is 14.2 Å². The first kappa shape index (κ1) is 27.2. The second kappa shape index (κ2) is 15.9. The molecule has 0 spiro atoms. The maximum atomic E-state index is 11.8. The summed E-state index contributed by atoms with van der Waals surface area (Å²) < 4.78 is 16.7. The summed E-state index contributed by atoms with van der Waals surface area (Å²) in [4.78, 5) is 34.8. The molecule has 0 aromatic carbocycles. The molecule has 1 rings (SSSR count). The van der Waals surface area contributed by atoms with Gasteiger partial charge in [0.1, 0.15) is 13.2 Å². The lowest BCUT2D eigenvalue weighted by Crippen LogP contribution is -2.36. The summed E-state index contributed by atoms with van der Waals surface area (Å²) in [5, 5.41) is 27.3. The Labute approximate surface area is 187 Å². The molecule has 0 atom stereocenters. The van der Waals surface area contributed by atoms with Gasteiger partial charge in [-0.15, -0.1) is 0 Å². The van der Waals surface area contributed by atoms with Gasteiger partial charge in [-0.2, -0.15) is 0 Å². The van der Waals surface area contributed by atoms with Crippen molar-refractivity contribution in [3.8, 4) is 11.8 Å². The van der Waals surface area contributed by atoms with Gasteiger partial charge in [-0.3, -0.25) is 19.0 Å². The number of amides is 3. The SMILES string of the molecule is CCOCC(=O)NCCOCCOCC(=O)NCCNC(=O)CCn1c(O)cc(C)c1O. The number of carbonyl (C=O) groups excluding carboxylic acids is 3. The van der Waals surface area contributed by atoms with Crippen molar-refractivity contribution >= 4 is 17.7 Å². The minimum absolute atomic E-state index is 0.0288. The van der Waals surface area contributed by atoms with E-state index < -0.39 is 0 Å². The quantitative estimate of drug-likeness (QED) is 0.186. The van der Waals surface area contributed by atoms with Gasteiger partial charge in [0.2, 0.25) is 17.7 Å². The summed E-state index contributed by atoms with van der Waals surface area (Å²) in [6.45, 7) is 5.68. The fraction of sp³-hybridized carbons (Fsp3) is 0.650. The Morgan fingerprint density at radius 2 is 1.47 bits per heavy atom. The Morgan fingerprint density at radius 3 is 2.09 bits per heavy atom. The molecule has 12 nitrogen and oxygen atoms in total. The summed E-state index contributed by atoms with van der Waals surface area (Å²) >= 11 is 0. The van der Waals surface area contributed by atoms with Crippen molar-refractivity contribution in [3.63, 3.8) is 0 Å². The van der Waals surface area contributed by atoms with Crippen molar-refractivity contribution in [2.45, 2.75) is 26.8 Å². The minimum atomic E-state index is -0.319. The molecule has 0 saturated carbocycles. The van der Waals surface area contributed by atoms with Crippen LogP contribution in [0.3, 0.4) is 0 Å². The molecule has 1 heterocycles. The van der Waals surface area contributed by atoms with Crippen LogP contribution in [0, 0.1) is 6.92 Å². The number of aromatic nitrogens is 1. The maximum Gasteiger partial charge on any atom is 0.246 e. The van der Waals surface area contributed by atoms with Crippen molar-refractivity contribution in [1.82, 2.24) is 20.5 Å². The second-order valence-corrected chi connectivity index (χ2v) is 6.76. The highest BCUT2D eigenvalue weighted by atomic mass is 16.5. The van der Waals surface area contributed by atoms with Crippen LogP contribution >= 0.6 is 0 Å². The molecular weight excluding hydrogens is 424 g/mol. The molecule has 0 aliphatic heterocycles. The Bertz CT molecular complexity index is 723. The Balaban J connectivity index is 1.96. The molecule has 0 radical (unpaired) electrons. The van der Waals surface area contributed by atoms with Gasteiger partial charge in [0.05, 0.1) is 19.8 Å². The number of ether oxygens (including phenoxy) is 3. The maximum absolute atomic E-state index is 11.8. The lowest BCUT2D eigenvalue weighted by Gasteiger charge is -2.09. The molecule has 5 N–H and O–H groups in total. The molecule has 0 fully saturated rings. The van der Waals surface area contributed by atoms with Crippen molar-refractivity contribution in [1.29, 1.82) is 0 Å². The minimum Gasteiger partial charge on any atom is -0.494 e. The highest BCUT2D eigenvalue weighted by Crippen LogP contribution is 2.26. The highest BCUT2D eigenvalue weighted by Gasteiger charge is 2.12. The Morgan fingerprint density at radius 1 is 0.875 bits per heavy atom. The summed E-state index contributed by atoms with van der Waals surface area (Å²) in [5.41, 5.74) is 0.529. The van der Waals surface area contributed by atoms with Crippen LogP contribution in [0.1, 0.15) is 18.9 Å². The predicted octanol–water partition coefficient (Wildman–Crippen LogP) is -0.984. The number of nitrogens with zero attached hydrogens (tertiary/aromatic N) is 1. The zero-order valence-electron chi connectivity index (χ0n) is 18.6. The first-order chi connectivity index (χ1) is 15.3. The van der Waals surface area contributed by atoms with Crippen LogP contribution in [0.15, 0.2) is 6.07 Å². The molecule has 3 amide bonds. The topological polar surface area (TPSA) is 160 Å². The van der Waals surface area contributed by atoms with Gasteiger partial charge in [0.25, 0.3) is 0 Å². The standard InChI is InChI=1S/C20H34N4O8/c1-3-30-13-17(26)23-7-9-31-10-11-32-14-18(27)22-6-5-21-16(25)4-8-24-19(28)12-15(2)20(24)29/h12,28-29H,3-11,13-14H2,1-2H3,(H,21,25)(H,22,27)(H,23,26). The van der Waals surface area contributed by atoms with Crippen molar-refractivity contribution in [3.05, 3.63) is 11.6 Å². The van der Waals surface area contributed by atoms with Crippen LogP contribution in [0.4, 0.5) is 0 Å². The van der Waals surface area contributed by atoms with E-state index in [2.05, 4.69) is 16.0 Å². The molecule has 1 aromatic heterocycles. The van der Waals surface area contributed by atoms with Crippen molar-refractivity contribution in [2.24, 2.45) is 0 Å². The van der Waals surface area contributed by atoms with E-state index in [0.717, 1.165) is 0 Å². The van der Waals surface area contributed by atoms with Crippen molar-refractivity contribution < 1.29 is 38.8 Å². The van der Waals surface area contributed by atoms with Crippen LogP contribution in [0.2, 0.25) is 0 Å². The molecule has 0 aliphatic rings. The average molecular weight is 459 g/mol. The largest absolute Gasteiger partial charge is 0.494 e. The van der Waals surface area contributed by atoms with Crippen LogP contribution in [-0.2, 0) is 35.1 Å². The van der Waals surface area contributed by atoms with Gasteiger partial charge in [-0.1, -0.05) is 0 Å². The van der Waals surface area contributed by atoms with Gasteiger partial charge in [-0.25, -0.2) is 0 Å². The fourth-order valence-electron chi connectivity index (χ4n) is 2.53. The van der Waals surface area contributed by atoms with Crippen LogP contribution in [0.5, 0.6) is 11.8 Å². The van der Waals surface area contributed by atoms with Gasteiger partial charge < -0.3 is 40.4 Å². The van der Waals surface area contributed by atoms with E-state index in [1.165, 1.54) is 10.6 Å². The molecule has 0 aliphatic carbocycles. The molecule has 0 unspecified atom stereocenters. The molecule has 182 valence electrons. The number of hydrogen-bond donors (Lipinski definition) is 5. The highest BCUT2D eigenvalue weighted by molar-refractivity contribution is 5.78. The van der Waals surface area contributed by atoms with Crippen LogP contribution in [0.25, 0.3) is 0 Å². The smallest absolute Gasteiger partial charge is 0.246 e. The normalized spacial score (nSPS) is 10.7. The van der Waals surface area contributed by atoms with Gasteiger partial charge >= 0.3 is 0 Å². The van der Waals surface area contributed by atoms with E-state index in [1.807, 2.05) is 6.92 Å². The van der Waals surface area contributed by atoms with E-state index in [9.17, 15) is 24.6 Å². The average Bonchev–Trinajstić information content (AvgIpc) is 3.00. The third-order valence-electron chi connectivity index (χ3n) is 4.17. The molecule has 12 heteroatoms. The molecular formula is C20H34N4O8. The van der Waals surface area contributed by atoms with Crippen LogP contribution in [-0.4, -0.2) is 91.8 Å². The predicted molar refractivity (Wildman–Crippen MR) is 114 cm³/mol. The zero-order valence-corrected chi connectivity index (χ0v) is 18.6. The first-order valence-electron chi connectivity index (χ1n) is 10.5. The van der Waals surface area contributed by atoms with Crippen LogP contribution < -0.4 is 16.0 Å². The number of hydrogen-bond acceptors (Lipinski definition) is 8.